The van der Waals surface area contributed by atoms with Gasteiger partial charge in [0.2, 0.25) is 0 Å². The van der Waals surface area contributed by atoms with E-state index in [1.54, 1.807) is 0 Å². The van der Waals surface area contributed by atoms with E-state index in [0.717, 1.165) is 6.42 Å². The molecule has 0 saturated heterocycles. The van der Waals surface area contributed by atoms with Gasteiger partial charge in [0.25, 0.3) is 0 Å². The molecular weight excluding hydrogens is 240 g/mol. The fourth-order valence-corrected chi connectivity index (χ4v) is 3.29. The van der Waals surface area contributed by atoms with E-state index >= 15 is 0 Å². The summed E-state index contributed by atoms with van der Waals surface area (Å²) in [4.78, 5) is 0. The van der Waals surface area contributed by atoms with Crippen molar-refractivity contribution in [1.29, 1.82) is 0 Å². The van der Waals surface area contributed by atoms with Gasteiger partial charge in [0.15, 0.2) is 0 Å². The monoisotopic (exact) mass is 256 g/mol. The van der Waals surface area contributed by atoms with Crippen LogP contribution in [0.5, 0.6) is 0 Å². The topological polar surface area (TPSA) is 0 Å². The molecule has 0 aromatic heterocycles. The molecule has 0 saturated carbocycles. The van der Waals surface area contributed by atoms with E-state index in [2.05, 4.69) is 73.7 Å². The maximum absolute atomic E-state index is 2.27. The van der Waals surface area contributed by atoms with Crippen LogP contribution in [-0.2, 0) is 6.42 Å². The summed E-state index contributed by atoms with van der Waals surface area (Å²) in [5, 5.41) is 0. The molecular formula is C20H16. The van der Waals surface area contributed by atoms with Crippen molar-refractivity contribution in [3.63, 3.8) is 0 Å². The molecule has 0 spiro atoms. The Bertz CT molecular complexity index is 782. The molecule has 3 aromatic rings. The van der Waals surface area contributed by atoms with Gasteiger partial charge in [0.05, 0.1) is 0 Å². The van der Waals surface area contributed by atoms with Crippen LogP contribution in [0.3, 0.4) is 0 Å². The molecule has 0 nitrogen and oxygen atoms in total. The van der Waals surface area contributed by atoms with Gasteiger partial charge in [-0.3, -0.25) is 0 Å². The Balaban J connectivity index is 2.01. The largest absolute Gasteiger partial charge is 0.0622 e. The van der Waals surface area contributed by atoms with Crippen molar-refractivity contribution in [3.8, 4) is 22.3 Å². The molecule has 0 aliphatic heterocycles. The minimum Gasteiger partial charge on any atom is -0.0622 e. The highest BCUT2D eigenvalue weighted by atomic mass is 14.3. The molecule has 0 unspecified atom stereocenters. The van der Waals surface area contributed by atoms with Crippen LogP contribution >= 0.6 is 0 Å². The maximum atomic E-state index is 2.27. The Hall–Kier alpha value is -2.34. The van der Waals surface area contributed by atoms with Gasteiger partial charge >= 0.3 is 0 Å². The molecule has 3 aromatic carbocycles. The van der Waals surface area contributed by atoms with E-state index < -0.39 is 0 Å². The minimum absolute atomic E-state index is 1.07. The van der Waals surface area contributed by atoms with E-state index in [9.17, 15) is 0 Å². The lowest BCUT2D eigenvalue weighted by Crippen LogP contribution is -1.85. The lowest BCUT2D eigenvalue weighted by atomic mass is 9.94. The highest BCUT2D eigenvalue weighted by molar-refractivity contribution is 5.90. The SMILES string of the molecule is Cc1cccc2c1Cc1cccc(-c3ccccc3)c1-2. The van der Waals surface area contributed by atoms with Gasteiger partial charge in [-0.15, -0.1) is 0 Å². The highest BCUT2D eigenvalue weighted by Gasteiger charge is 2.22. The highest BCUT2D eigenvalue weighted by Crippen LogP contribution is 2.43. The average molecular weight is 256 g/mol. The molecule has 0 amide bonds. The molecule has 20 heavy (non-hydrogen) atoms. The van der Waals surface area contributed by atoms with Crippen molar-refractivity contribution in [3.05, 3.63) is 83.4 Å². The predicted molar refractivity (Wildman–Crippen MR) is 84.9 cm³/mol. The number of benzene rings is 3. The third-order valence-electron chi connectivity index (χ3n) is 4.28. The summed E-state index contributed by atoms with van der Waals surface area (Å²) in [6, 6.07) is 24.0. The van der Waals surface area contributed by atoms with Crippen LogP contribution in [0.4, 0.5) is 0 Å². The van der Waals surface area contributed by atoms with Gasteiger partial charge in [-0.1, -0.05) is 66.7 Å². The van der Waals surface area contributed by atoms with Crippen LogP contribution in [0, 0.1) is 6.92 Å². The molecule has 0 bridgehead atoms. The summed E-state index contributed by atoms with van der Waals surface area (Å²) < 4.78 is 0. The first-order valence-corrected chi connectivity index (χ1v) is 7.11. The summed E-state index contributed by atoms with van der Waals surface area (Å²) in [5.74, 6) is 0. The first-order chi connectivity index (χ1) is 9.84. The lowest BCUT2D eigenvalue weighted by molar-refractivity contribution is 1.22. The van der Waals surface area contributed by atoms with Crippen molar-refractivity contribution >= 4 is 0 Å². The normalized spacial score (nSPS) is 12.1. The quantitative estimate of drug-likeness (QED) is 0.437. The van der Waals surface area contributed by atoms with Crippen molar-refractivity contribution in [2.24, 2.45) is 0 Å². The van der Waals surface area contributed by atoms with Crippen LogP contribution in [0.15, 0.2) is 66.7 Å². The zero-order valence-electron chi connectivity index (χ0n) is 11.6. The van der Waals surface area contributed by atoms with Crippen molar-refractivity contribution < 1.29 is 0 Å². The number of hydrogen-bond acceptors (Lipinski definition) is 0. The van der Waals surface area contributed by atoms with Crippen molar-refractivity contribution in [1.82, 2.24) is 0 Å². The summed E-state index contributed by atoms with van der Waals surface area (Å²) in [6.07, 6.45) is 1.07. The van der Waals surface area contributed by atoms with E-state index in [1.165, 1.54) is 38.9 Å². The molecule has 0 radical (unpaired) electrons. The van der Waals surface area contributed by atoms with Crippen LogP contribution in [0.25, 0.3) is 22.3 Å². The Morgan fingerprint density at radius 2 is 1.45 bits per heavy atom. The zero-order chi connectivity index (χ0) is 13.5. The maximum Gasteiger partial charge on any atom is -0.00106 e. The standard InChI is InChI=1S/C20H16/c1-14-7-5-12-18-19(14)13-16-10-6-11-17(20(16)18)15-8-3-2-4-9-15/h2-12H,13H2,1H3. The molecule has 0 heteroatoms. The molecule has 1 aliphatic rings. The molecule has 0 N–H and O–H groups in total. The second kappa shape index (κ2) is 4.35. The third-order valence-corrected chi connectivity index (χ3v) is 4.28. The fraction of sp³-hybridized carbons (Fsp3) is 0.100. The smallest absolute Gasteiger partial charge is 0.00106 e. The summed E-state index contributed by atoms with van der Waals surface area (Å²) in [7, 11) is 0. The van der Waals surface area contributed by atoms with Crippen molar-refractivity contribution in [2.75, 3.05) is 0 Å². The van der Waals surface area contributed by atoms with Gasteiger partial charge in [0.1, 0.15) is 0 Å². The Labute approximate surface area is 119 Å². The van der Waals surface area contributed by atoms with Crippen molar-refractivity contribution in [2.45, 2.75) is 13.3 Å². The third kappa shape index (κ3) is 1.61. The molecule has 0 atom stereocenters. The van der Waals surface area contributed by atoms with E-state index in [4.69, 9.17) is 0 Å². The van der Waals surface area contributed by atoms with Crippen LogP contribution in [0.1, 0.15) is 16.7 Å². The Kier molecular flexibility index (Phi) is 2.50. The number of fused-ring (bicyclic) bond motifs is 3. The van der Waals surface area contributed by atoms with Gasteiger partial charge in [-0.2, -0.15) is 0 Å². The minimum atomic E-state index is 1.07. The molecule has 4 rings (SSSR count). The van der Waals surface area contributed by atoms with E-state index in [0.29, 0.717) is 0 Å². The average Bonchev–Trinajstić information content (AvgIpc) is 2.88. The molecule has 0 heterocycles. The van der Waals surface area contributed by atoms with Gasteiger partial charge in [-0.05, 0) is 52.3 Å². The van der Waals surface area contributed by atoms with E-state index in [-0.39, 0.29) is 0 Å². The molecule has 96 valence electrons. The number of rotatable bonds is 1. The summed E-state index contributed by atoms with van der Waals surface area (Å²) in [6.45, 7) is 2.22. The first kappa shape index (κ1) is 11.5. The zero-order valence-corrected chi connectivity index (χ0v) is 11.6. The first-order valence-electron chi connectivity index (χ1n) is 7.11. The van der Waals surface area contributed by atoms with Crippen LogP contribution in [-0.4, -0.2) is 0 Å². The summed E-state index contributed by atoms with van der Waals surface area (Å²) in [5.41, 5.74) is 9.85. The molecule has 1 aliphatic carbocycles. The van der Waals surface area contributed by atoms with Crippen LogP contribution < -0.4 is 0 Å². The second-order valence-electron chi connectivity index (χ2n) is 5.48. The Morgan fingerprint density at radius 1 is 0.700 bits per heavy atom. The second-order valence-corrected chi connectivity index (χ2v) is 5.48. The van der Waals surface area contributed by atoms with Gasteiger partial charge in [0, 0.05) is 0 Å². The lowest BCUT2D eigenvalue weighted by Gasteiger charge is -2.10. The van der Waals surface area contributed by atoms with E-state index in [1.807, 2.05) is 0 Å². The number of hydrogen-bond donors (Lipinski definition) is 0. The fourth-order valence-electron chi connectivity index (χ4n) is 3.29. The Morgan fingerprint density at radius 3 is 2.30 bits per heavy atom. The van der Waals surface area contributed by atoms with Gasteiger partial charge < -0.3 is 0 Å². The van der Waals surface area contributed by atoms with Crippen LogP contribution in [0.2, 0.25) is 0 Å². The molecule has 0 fully saturated rings. The summed E-state index contributed by atoms with van der Waals surface area (Å²) >= 11 is 0. The predicted octanol–water partition coefficient (Wildman–Crippen LogP) is 5.23. The van der Waals surface area contributed by atoms with Gasteiger partial charge in [-0.25, -0.2) is 0 Å². The number of aryl methyl sites for hydroxylation is 1.